The monoisotopic (exact) mass is 545 g/mol. The number of ether oxygens (including phenoxy) is 2. The van der Waals surface area contributed by atoms with E-state index in [2.05, 4.69) is 30.7 Å². The molecule has 0 bridgehead atoms. The third kappa shape index (κ3) is 6.64. The Morgan fingerprint density at radius 2 is 2.03 bits per heavy atom. The van der Waals surface area contributed by atoms with Gasteiger partial charge in [-0.25, -0.2) is 9.36 Å². The standard InChI is InChI=1S/C20H25BrN3O8P/c1-12-10-24(20(27)22-18(12)25)17-9-8-16(31-17)11-30-33(28,23-13(2)19(26)29-3)32-15-6-4-14(21)5-7-15/h4-7,10,13,16-17H,8-9,11H2,1-3H3,(H,23,28)(H,22,25,27)/t13?,16-,17+,33?/m0/s1. The van der Waals surface area contributed by atoms with Gasteiger partial charge in [-0.15, -0.1) is 0 Å². The van der Waals surface area contributed by atoms with Gasteiger partial charge in [-0.2, -0.15) is 5.09 Å². The predicted molar refractivity (Wildman–Crippen MR) is 122 cm³/mol. The number of nitrogens with one attached hydrogen (secondary N) is 2. The van der Waals surface area contributed by atoms with Gasteiger partial charge in [0, 0.05) is 16.2 Å². The van der Waals surface area contributed by atoms with Crippen molar-refractivity contribution in [2.24, 2.45) is 0 Å². The van der Waals surface area contributed by atoms with Gasteiger partial charge in [0.2, 0.25) is 0 Å². The van der Waals surface area contributed by atoms with E-state index in [-0.39, 0.29) is 12.4 Å². The lowest BCUT2D eigenvalue weighted by Crippen LogP contribution is -2.35. The van der Waals surface area contributed by atoms with Crippen LogP contribution in [-0.2, 0) is 23.4 Å². The maximum atomic E-state index is 13.4. The van der Waals surface area contributed by atoms with Gasteiger partial charge < -0.3 is 14.0 Å². The summed E-state index contributed by atoms with van der Waals surface area (Å²) in [5.74, 6) is -0.366. The van der Waals surface area contributed by atoms with Crippen LogP contribution in [0.3, 0.4) is 0 Å². The molecule has 0 aliphatic carbocycles. The number of hydrogen-bond acceptors (Lipinski definition) is 8. The van der Waals surface area contributed by atoms with Crippen molar-refractivity contribution in [2.75, 3.05) is 13.7 Å². The molecule has 1 fully saturated rings. The number of benzene rings is 1. The first-order chi connectivity index (χ1) is 15.6. The van der Waals surface area contributed by atoms with Crippen LogP contribution in [0.1, 0.15) is 31.6 Å². The molecular weight excluding hydrogens is 521 g/mol. The second kappa shape index (κ2) is 10.8. The van der Waals surface area contributed by atoms with E-state index in [1.165, 1.54) is 24.8 Å². The highest BCUT2D eigenvalue weighted by atomic mass is 79.9. The molecule has 2 unspecified atom stereocenters. The number of esters is 1. The minimum Gasteiger partial charge on any atom is -0.468 e. The van der Waals surface area contributed by atoms with Crippen LogP contribution >= 0.6 is 23.7 Å². The van der Waals surface area contributed by atoms with Gasteiger partial charge in [-0.05, 0) is 51.0 Å². The van der Waals surface area contributed by atoms with Crippen LogP contribution in [0.2, 0.25) is 0 Å². The minimum absolute atomic E-state index is 0.123. The molecule has 1 aliphatic rings. The summed E-state index contributed by atoms with van der Waals surface area (Å²) < 4.78 is 37.3. The van der Waals surface area contributed by atoms with Crippen molar-refractivity contribution in [3.05, 3.63) is 61.3 Å². The van der Waals surface area contributed by atoms with Crippen molar-refractivity contribution in [2.45, 2.75) is 45.1 Å². The summed E-state index contributed by atoms with van der Waals surface area (Å²) in [6, 6.07) is 5.64. The third-order valence-electron chi connectivity index (χ3n) is 4.92. The van der Waals surface area contributed by atoms with Gasteiger partial charge in [0.05, 0.1) is 19.8 Å². The van der Waals surface area contributed by atoms with Crippen molar-refractivity contribution in [3.63, 3.8) is 0 Å². The number of carbonyl (C=O) groups excluding carboxylic acids is 1. The van der Waals surface area contributed by atoms with Crippen molar-refractivity contribution in [1.29, 1.82) is 0 Å². The van der Waals surface area contributed by atoms with Gasteiger partial charge in [0.15, 0.2) is 0 Å². The fourth-order valence-electron chi connectivity index (χ4n) is 3.19. The van der Waals surface area contributed by atoms with Crippen LogP contribution in [0.15, 0.2) is 44.5 Å². The first-order valence-corrected chi connectivity index (χ1v) is 12.5. The minimum atomic E-state index is -4.01. The summed E-state index contributed by atoms with van der Waals surface area (Å²) in [6.45, 7) is 2.94. The molecule has 0 saturated carbocycles. The van der Waals surface area contributed by atoms with Crippen LogP contribution in [0.5, 0.6) is 5.75 Å². The molecule has 4 atom stereocenters. The summed E-state index contributed by atoms with van der Waals surface area (Å²) in [5.41, 5.74) is -0.646. The average molecular weight is 546 g/mol. The van der Waals surface area contributed by atoms with Crippen LogP contribution in [0.4, 0.5) is 0 Å². The van der Waals surface area contributed by atoms with E-state index in [0.717, 1.165) is 4.47 Å². The first-order valence-electron chi connectivity index (χ1n) is 10.1. The predicted octanol–water partition coefficient (Wildman–Crippen LogP) is 2.64. The fraction of sp³-hybridized carbons (Fsp3) is 0.450. The van der Waals surface area contributed by atoms with Crippen molar-refractivity contribution in [3.8, 4) is 5.75 Å². The summed E-state index contributed by atoms with van der Waals surface area (Å²) in [6.07, 6.45) is 1.35. The molecule has 1 saturated heterocycles. The van der Waals surface area contributed by atoms with Gasteiger partial charge in [-0.1, -0.05) is 15.9 Å². The number of H-pyrrole nitrogens is 1. The van der Waals surface area contributed by atoms with Gasteiger partial charge in [0.25, 0.3) is 5.56 Å². The molecule has 13 heteroatoms. The summed E-state index contributed by atoms with van der Waals surface area (Å²) in [7, 11) is -2.79. The Kier molecular flexibility index (Phi) is 8.30. The zero-order valence-corrected chi connectivity index (χ0v) is 20.8. The Morgan fingerprint density at radius 1 is 1.33 bits per heavy atom. The molecule has 2 N–H and O–H groups in total. The molecule has 11 nitrogen and oxygen atoms in total. The Morgan fingerprint density at radius 3 is 2.70 bits per heavy atom. The van der Waals surface area contributed by atoms with Crippen LogP contribution in [-0.4, -0.2) is 41.4 Å². The number of rotatable bonds is 9. The molecule has 1 aromatic carbocycles. The number of aromatic nitrogens is 2. The van der Waals surface area contributed by atoms with Gasteiger partial charge in [0.1, 0.15) is 18.0 Å². The smallest absolute Gasteiger partial charge is 0.459 e. The van der Waals surface area contributed by atoms with E-state index in [0.29, 0.717) is 18.4 Å². The molecule has 0 spiro atoms. The van der Waals surface area contributed by atoms with Crippen LogP contribution in [0, 0.1) is 6.92 Å². The zero-order chi connectivity index (χ0) is 24.2. The van der Waals surface area contributed by atoms with E-state index in [1.54, 1.807) is 31.2 Å². The number of methoxy groups -OCH3 is 1. The Balaban J connectivity index is 1.70. The maximum Gasteiger partial charge on any atom is 0.459 e. The zero-order valence-electron chi connectivity index (χ0n) is 18.3. The van der Waals surface area contributed by atoms with Crippen LogP contribution < -0.4 is 20.9 Å². The number of aromatic amines is 1. The summed E-state index contributed by atoms with van der Waals surface area (Å²) in [5, 5.41) is 2.57. The molecule has 0 radical (unpaired) electrons. The average Bonchev–Trinajstić information content (AvgIpc) is 3.25. The second-order valence-electron chi connectivity index (χ2n) is 7.48. The van der Waals surface area contributed by atoms with Crippen molar-refractivity contribution >= 4 is 29.6 Å². The SMILES string of the molecule is COC(=O)C(C)NP(=O)(OC[C@@H]1CC[C@H](n2cc(C)c(=O)[nH]c2=O)O1)Oc1ccc(Br)cc1. The highest BCUT2D eigenvalue weighted by Gasteiger charge is 2.35. The van der Waals surface area contributed by atoms with E-state index >= 15 is 0 Å². The number of nitrogens with zero attached hydrogens (tertiary/aromatic N) is 1. The number of hydrogen-bond donors (Lipinski definition) is 2. The summed E-state index contributed by atoms with van der Waals surface area (Å²) in [4.78, 5) is 37.8. The molecule has 3 rings (SSSR count). The third-order valence-corrected chi connectivity index (χ3v) is 7.09. The highest BCUT2D eigenvalue weighted by Crippen LogP contribution is 2.46. The molecule has 1 aliphatic heterocycles. The second-order valence-corrected chi connectivity index (χ2v) is 10.1. The van der Waals surface area contributed by atoms with Crippen molar-refractivity contribution in [1.82, 2.24) is 14.6 Å². The molecular formula is C20H25BrN3O8P. The lowest BCUT2D eigenvalue weighted by Gasteiger charge is -2.24. The quantitative estimate of drug-likeness (QED) is 0.359. The number of halogens is 1. The maximum absolute atomic E-state index is 13.4. The Bertz CT molecular complexity index is 1150. The Hall–Kier alpha value is -2.24. The van der Waals surface area contributed by atoms with E-state index < -0.39 is 43.3 Å². The molecule has 2 aromatic rings. The van der Waals surface area contributed by atoms with Gasteiger partial charge in [-0.3, -0.25) is 23.7 Å². The Labute approximate surface area is 198 Å². The van der Waals surface area contributed by atoms with E-state index in [1.807, 2.05) is 0 Å². The highest BCUT2D eigenvalue weighted by molar-refractivity contribution is 9.10. The fourth-order valence-corrected chi connectivity index (χ4v) is 4.97. The molecule has 1 aromatic heterocycles. The van der Waals surface area contributed by atoms with Crippen LogP contribution in [0.25, 0.3) is 0 Å². The first kappa shape index (κ1) is 25.4. The van der Waals surface area contributed by atoms with Crippen molar-refractivity contribution < 1.29 is 27.9 Å². The van der Waals surface area contributed by atoms with E-state index in [9.17, 15) is 18.9 Å². The van der Waals surface area contributed by atoms with Gasteiger partial charge >= 0.3 is 19.4 Å². The molecule has 180 valence electrons. The topological polar surface area (TPSA) is 138 Å². The molecule has 0 amide bonds. The van der Waals surface area contributed by atoms with E-state index in [4.69, 9.17) is 13.8 Å². The lowest BCUT2D eigenvalue weighted by molar-refractivity contribution is -0.142. The summed E-state index contributed by atoms with van der Waals surface area (Å²) >= 11 is 3.31. The molecule has 2 heterocycles. The normalized spacial score (nSPS) is 20.7. The lowest BCUT2D eigenvalue weighted by atomic mass is 10.2. The largest absolute Gasteiger partial charge is 0.468 e. The number of aryl methyl sites for hydroxylation is 1. The molecule has 33 heavy (non-hydrogen) atoms. The number of carbonyl (C=O) groups is 1.